The molecule has 0 aromatic carbocycles. The van der Waals surface area contributed by atoms with E-state index in [-0.39, 0.29) is 22.2 Å². The van der Waals surface area contributed by atoms with Gasteiger partial charge in [-0.25, -0.2) is 19.6 Å². The number of fused-ring (bicyclic) bond motifs is 1. The molecular weight excluding hydrogens is 532 g/mol. The van der Waals surface area contributed by atoms with Gasteiger partial charge in [-0.1, -0.05) is 11.2 Å². The number of hydrogen-bond acceptors (Lipinski definition) is 12. The minimum Gasteiger partial charge on any atom is -0.479 e. The van der Waals surface area contributed by atoms with Crippen LogP contribution >= 0.6 is 34.4 Å². The van der Waals surface area contributed by atoms with E-state index in [1.54, 1.807) is 17.7 Å². The van der Waals surface area contributed by atoms with Gasteiger partial charge in [0.25, 0.3) is 11.8 Å². The van der Waals surface area contributed by atoms with Crippen molar-refractivity contribution in [3.63, 3.8) is 0 Å². The van der Waals surface area contributed by atoms with E-state index in [1.165, 1.54) is 28.5 Å². The number of anilines is 1. The number of nitrogens with two attached hydrogens (primary N) is 1. The Kier molecular flexibility index (Phi) is 7.37. The zero-order valence-corrected chi connectivity index (χ0v) is 20.9. The molecule has 2 aromatic heterocycles. The lowest BCUT2D eigenvalue weighted by molar-refractivity contribution is -0.150. The average molecular weight is 551 g/mol. The van der Waals surface area contributed by atoms with Crippen LogP contribution in [0, 0.1) is 6.92 Å². The van der Waals surface area contributed by atoms with Crippen molar-refractivity contribution in [3.8, 4) is 0 Å². The molecule has 188 valence electrons. The number of amides is 2. The first-order valence-electron chi connectivity index (χ1n) is 10.1. The quantitative estimate of drug-likeness (QED) is 0.195. The summed E-state index contributed by atoms with van der Waals surface area (Å²) in [6, 6.07) is -1.04. The number of nitrogens with one attached hydrogen (secondary N) is 1. The van der Waals surface area contributed by atoms with Gasteiger partial charge in [-0.2, -0.15) is 0 Å². The van der Waals surface area contributed by atoms with Crippen molar-refractivity contribution in [2.75, 3.05) is 18.1 Å². The Bertz CT molecular complexity index is 1330. The minimum atomic E-state index is -1.30. The normalized spacial score (nSPS) is 19.8. The van der Waals surface area contributed by atoms with Gasteiger partial charge < -0.3 is 26.1 Å². The third-order valence-electron chi connectivity index (χ3n) is 5.03. The minimum absolute atomic E-state index is 0.0391. The highest BCUT2D eigenvalue weighted by atomic mass is 32.2. The van der Waals surface area contributed by atoms with Crippen molar-refractivity contribution in [2.45, 2.75) is 18.3 Å². The predicted molar refractivity (Wildman–Crippen MR) is 132 cm³/mol. The molecule has 1 unspecified atom stereocenters. The fourth-order valence-electron chi connectivity index (χ4n) is 3.38. The van der Waals surface area contributed by atoms with Gasteiger partial charge in [-0.05, 0) is 18.6 Å². The molecule has 2 amide bonds. The number of nitrogens with zero attached hydrogens (tertiary/aromatic N) is 4. The van der Waals surface area contributed by atoms with Crippen LogP contribution in [0.1, 0.15) is 16.3 Å². The fourth-order valence-corrected chi connectivity index (χ4v) is 5.94. The highest BCUT2D eigenvalue weighted by Crippen LogP contribution is 2.41. The van der Waals surface area contributed by atoms with Gasteiger partial charge >= 0.3 is 11.9 Å². The molecule has 0 spiro atoms. The van der Waals surface area contributed by atoms with Gasteiger partial charge in [0.15, 0.2) is 10.8 Å². The zero-order chi connectivity index (χ0) is 26.0. The fraction of sp³-hybridized carbons (Fsp3) is 0.250. The first-order chi connectivity index (χ1) is 17.2. The second kappa shape index (κ2) is 10.5. The molecule has 2 aromatic rings. The molecule has 0 bridgehead atoms. The van der Waals surface area contributed by atoms with Gasteiger partial charge in [0.05, 0.1) is 11.2 Å². The smallest absolute Gasteiger partial charge is 0.352 e. The van der Waals surface area contributed by atoms with Crippen molar-refractivity contribution in [2.24, 2.45) is 5.16 Å². The van der Waals surface area contributed by atoms with Gasteiger partial charge in [0, 0.05) is 16.0 Å². The molecule has 5 N–H and O–H groups in total. The van der Waals surface area contributed by atoms with Crippen LogP contribution in [0.5, 0.6) is 0 Å². The maximum atomic E-state index is 12.9. The van der Waals surface area contributed by atoms with Crippen molar-refractivity contribution in [1.29, 1.82) is 0 Å². The highest BCUT2D eigenvalue weighted by Gasteiger charge is 2.54. The predicted octanol–water partition coefficient (Wildman–Crippen LogP) is 0.748. The number of thioether (sulfide) groups is 1. The van der Waals surface area contributed by atoms with Crippen molar-refractivity contribution in [1.82, 2.24) is 20.2 Å². The SMILES string of the molecule is Cc1ncsc1/C=C/C1=C(C(=O)O)N2C(=O)C(NC(=O)/C(=N\OCC(=O)O)c3csc(N)n3)[C@H]2SC1. The maximum absolute atomic E-state index is 12.9. The summed E-state index contributed by atoms with van der Waals surface area (Å²) >= 11 is 3.73. The Morgan fingerprint density at radius 1 is 1.33 bits per heavy atom. The number of aliphatic carboxylic acids is 2. The third-order valence-corrected chi connectivity index (χ3v) is 7.90. The summed E-state index contributed by atoms with van der Waals surface area (Å²) in [5, 5.41) is 25.6. The number of allylic oxidation sites excluding steroid dienone is 1. The molecule has 4 heterocycles. The summed E-state index contributed by atoms with van der Waals surface area (Å²) in [6.45, 7) is 1.04. The monoisotopic (exact) mass is 550 g/mol. The summed E-state index contributed by atoms with van der Waals surface area (Å²) in [5.41, 5.74) is 8.08. The van der Waals surface area contributed by atoms with Crippen molar-refractivity contribution in [3.05, 3.63) is 44.5 Å². The number of hydrogen-bond donors (Lipinski definition) is 4. The number of β-lactam (4-membered cyclic amide) rings is 1. The lowest BCUT2D eigenvalue weighted by Crippen LogP contribution is -2.71. The molecule has 4 rings (SSSR count). The standard InChI is InChI=1S/C20H18N6O7S3/c1-8-11(36-7-22-8)3-2-9-5-34-18-14(17(30)26(18)15(9)19(31)32)24-16(29)13(25-33-4-12(27)28)10-6-35-20(21)23-10/h2-3,6-7,14,18H,4-5H2,1H3,(H2,21,23)(H,24,29)(H,27,28)(H,31,32)/b3-2+,25-13-/t14?,18-/m1/s1. The number of thiazole rings is 2. The molecule has 2 aliphatic heterocycles. The van der Waals surface area contributed by atoms with E-state index >= 15 is 0 Å². The number of carbonyl (C=O) groups is 4. The zero-order valence-electron chi connectivity index (χ0n) is 18.4. The van der Waals surface area contributed by atoms with Crippen molar-refractivity contribution < 1.29 is 34.2 Å². The molecule has 1 fully saturated rings. The van der Waals surface area contributed by atoms with Gasteiger partial charge in [-0.15, -0.1) is 34.4 Å². The van der Waals surface area contributed by atoms with Crippen LogP contribution in [0.25, 0.3) is 6.08 Å². The topological polar surface area (TPSA) is 197 Å². The Balaban J connectivity index is 1.53. The van der Waals surface area contributed by atoms with E-state index < -0.39 is 41.8 Å². The summed E-state index contributed by atoms with van der Waals surface area (Å²) in [4.78, 5) is 63.4. The first-order valence-corrected chi connectivity index (χ1v) is 12.9. The molecule has 0 saturated carbocycles. The number of carboxylic acid groups (broad SMARTS) is 2. The molecule has 13 nitrogen and oxygen atoms in total. The second-order valence-corrected chi connectivity index (χ2v) is 10.2. The van der Waals surface area contributed by atoms with Gasteiger partial charge in [0.1, 0.15) is 22.8 Å². The number of aryl methyl sites for hydroxylation is 1. The van der Waals surface area contributed by atoms with Crippen LogP contribution in [0.4, 0.5) is 5.13 Å². The summed E-state index contributed by atoms with van der Waals surface area (Å²) in [7, 11) is 0. The van der Waals surface area contributed by atoms with Crippen LogP contribution in [0.3, 0.4) is 0 Å². The molecule has 2 aliphatic rings. The van der Waals surface area contributed by atoms with Crippen molar-refractivity contribution >= 4 is 75.1 Å². The molecule has 0 radical (unpaired) electrons. The Labute approximate surface area is 215 Å². The number of carbonyl (C=O) groups excluding carboxylic acids is 2. The van der Waals surface area contributed by atoms with Crippen LogP contribution in [0.15, 0.2) is 33.4 Å². The van der Waals surface area contributed by atoms with Crippen LogP contribution < -0.4 is 11.1 Å². The Morgan fingerprint density at radius 2 is 2.11 bits per heavy atom. The number of rotatable bonds is 9. The van der Waals surface area contributed by atoms with Crippen LogP contribution in [-0.4, -0.2) is 78.3 Å². The number of nitrogen functional groups attached to an aromatic ring is 1. The van der Waals surface area contributed by atoms with E-state index in [2.05, 4.69) is 20.4 Å². The number of carboxylic acids is 2. The highest BCUT2D eigenvalue weighted by molar-refractivity contribution is 8.00. The maximum Gasteiger partial charge on any atom is 0.352 e. The van der Waals surface area contributed by atoms with E-state index in [0.29, 0.717) is 11.3 Å². The number of oxime groups is 1. The molecule has 16 heteroatoms. The summed E-state index contributed by atoms with van der Waals surface area (Å²) in [6.07, 6.45) is 3.42. The lowest BCUT2D eigenvalue weighted by Gasteiger charge is -2.49. The van der Waals surface area contributed by atoms with Gasteiger partial charge in [-0.3, -0.25) is 14.5 Å². The first kappa shape index (κ1) is 25.3. The molecule has 2 atom stereocenters. The Hall–Kier alpha value is -3.76. The molecule has 0 aliphatic carbocycles. The van der Waals surface area contributed by atoms with E-state index in [0.717, 1.165) is 26.8 Å². The summed E-state index contributed by atoms with van der Waals surface area (Å²) < 4.78 is 0. The second-order valence-electron chi connectivity index (χ2n) is 7.35. The average Bonchev–Trinajstić information content (AvgIpc) is 3.45. The Morgan fingerprint density at radius 3 is 2.72 bits per heavy atom. The largest absolute Gasteiger partial charge is 0.479 e. The summed E-state index contributed by atoms with van der Waals surface area (Å²) in [5.74, 6) is -3.73. The molecule has 36 heavy (non-hydrogen) atoms. The van der Waals surface area contributed by atoms with Gasteiger partial charge in [0.2, 0.25) is 6.61 Å². The number of aromatic nitrogens is 2. The van der Waals surface area contributed by atoms with Crippen LogP contribution in [-0.2, 0) is 24.0 Å². The third kappa shape index (κ3) is 5.09. The van der Waals surface area contributed by atoms with E-state index in [9.17, 15) is 24.3 Å². The van der Waals surface area contributed by atoms with Crippen LogP contribution in [0.2, 0.25) is 0 Å². The van der Waals surface area contributed by atoms with E-state index in [1.807, 2.05) is 6.92 Å². The molecule has 1 saturated heterocycles. The van der Waals surface area contributed by atoms with E-state index in [4.69, 9.17) is 15.7 Å². The molecular formula is C20H18N6O7S3. The lowest BCUT2D eigenvalue weighted by atomic mass is 10.0.